The van der Waals surface area contributed by atoms with Gasteiger partial charge in [-0.3, -0.25) is 9.59 Å². The molecule has 0 spiro atoms. The molecule has 0 radical (unpaired) electrons. The van der Waals surface area contributed by atoms with Crippen molar-refractivity contribution >= 4 is 17.9 Å². The van der Waals surface area contributed by atoms with Crippen LogP contribution in [0, 0.1) is 13.8 Å². The molecule has 212 valence electrons. The molecule has 0 saturated carbocycles. The summed E-state index contributed by atoms with van der Waals surface area (Å²) in [5.74, 6) is -0.655. The van der Waals surface area contributed by atoms with Gasteiger partial charge < -0.3 is 25.4 Å². The molecular weight excluding hydrogens is 494 g/mol. The molecule has 0 aliphatic heterocycles. The molecule has 0 fully saturated rings. The molecule has 0 aliphatic carbocycles. The second-order valence-electron chi connectivity index (χ2n) is 10.7. The maximum Gasteiger partial charge on any atom is 0.408 e. The van der Waals surface area contributed by atoms with Gasteiger partial charge in [-0.05, 0) is 75.4 Å². The molecule has 0 heterocycles. The topological polar surface area (TPSA) is 108 Å². The fourth-order valence-corrected chi connectivity index (χ4v) is 4.35. The van der Waals surface area contributed by atoms with E-state index >= 15 is 0 Å². The molecule has 2 unspecified atom stereocenters. The fourth-order valence-electron chi connectivity index (χ4n) is 4.35. The molecule has 2 aromatic carbocycles. The van der Waals surface area contributed by atoms with Crippen LogP contribution in [0.2, 0.25) is 0 Å². The molecule has 0 aliphatic rings. The first-order valence-corrected chi connectivity index (χ1v) is 13.4. The van der Waals surface area contributed by atoms with Crippen LogP contribution in [0.15, 0.2) is 55.1 Å². The smallest absolute Gasteiger partial charge is 0.408 e. The fraction of sp³-hybridized carbons (Fsp3) is 0.452. The van der Waals surface area contributed by atoms with Crippen LogP contribution in [0.1, 0.15) is 68.8 Å². The lowest BCUT2D eigenvalue weighted by Crippen LogP contribution is -2.54. The predicted molar refractivity (Wildman–Crippen MR) is 153 cm³/mol. The van der Waals surface area contributed by atoms with E-state index < -0.39 is 29.7 Å². The van der Waals surface area contributed by atoms with Crippen LogP contribution in [0.5, 0.6) is 5.75 Å². The van der Waals surface area contributed by atoms with E-state index in [1.807, 2.05) is 39.0 Å². The lowest BCUT2D eigenvalue weighted by Gasteiger charge is -2.35. The number of rotatable bonds is 12. The molecule has 8 nitrogen and oxygen atoms in total. The number of carbonyl (C=O) groups is 3. The van der Waals surface area contributed by atoms with E-state index in [1.54, 1.807) is 39.0 Å². The zero-order valence-corrected chi connectivity index (χ0v) is 24.0. The summed E-state index contributed by atoms with van der Waals surface area (Å²) in [5, 5.41) is 15.4. The van der Waals surface area contributed by atoms with Crippen LogP contribution < -0.4 is 10.6 Å². The number of alkyl carbamates (subject to hydrolysis) is 1. The molecule has 0 saturated heterocycles. The Morgan fingerprint density at radius 3 is 2.23 bits per heavy atom. The lowest BCUT2D eigenvalue weighted by molar-refractivity contribution is -0.141. The molecule has 2 aromatic rings. The predicted octanol–water partition coefficient (Wildman–Crippen LogP) is 5.12. The molecule has 2 rings (SSSR count). The Morgan fingerprint density at radius 2 is 1.69 bits per heavy atom. The van der Waals surface area contributed by atoms with Gasteiger partial charge in [-0.25, -0.2) is 4.79 Å². The van der Waals surface area contributed by atoms with Crippen LogP contribution in [-0.4, -0.2) is 52.6 Å². The maximum absolute atomic E-state index is 14.3. The average molecular weight is 538 g/mol. The first-order valence-electron chi connectivity index (χ1n) is 13.4. The summed E-state index contributed by atoms with van der Waals surface area (Å²) < 4.78 is 5.45. The third-order valence-electron chi connectivity index (χ3n) is 6.18. The highest BCUT2D eigenvalue weighted by Gasteiger charge is 2.37. The third kappa shape index (κ3) is 9.46. The minimum Gasteiger partial charge on any atom is -0.508 e. The van der Waals surface area contributed by atoms with Gasteiger partial charge in [0.05, 0.1) is 0 Å². The normalized spacial score (nSPS) is 12.7. The molecular formula is C31H43N3O5. The first-order chi connectivity index (χ1) is 18.4. The van der Waals surface area contributed by atoms with Crippen molar-refractivity contribution in [2.75, 3.05) is 13.1 Å². The van der Waals surface area contributed by atoms with Gasteiger partial charge in [-0.1, -0.05) is 49.8 Å². The number of aromatic hydroxyl groups is 1. The van der Waals surface area contributed by atoms with E-state index in [4.69, 9.17) is 4.74 Å². The Bertz CT molecular complexity index is 1120. The summed E-state index contributed by atoms with van der Waals surface area (Å²) in [6, 6.07) is 10.2. The zero-order valence-electron chi connectivity index (χ0n) is 24.0. The number of hydrogen-bond acceptors (Lipinski definition) is 5. The van der Waals surface area contributed by atoms with E-state index in [2.05, 4.69) is 17.2 Å². The van der Waals surface area contributed by atoms with Crippen molar-refractivity contribution < 1.29 is 24.2 Å². The number of amides is 3. The van der Waals surface area contributed by atoms with E-state index in [0.29, 0.717) is 6.54 Å². The number of unbranched alkanes of at least 4 members (excludes halogenated alkanes) is 1. The van der Waals surface area contributed by atoms with Crippen LogP contribution in [-0.2, 0) is 20.7 Å². The first kappa shape index (κ1) is 31.4. The van der Waals surface area contributed by atoms with Crippen molar-refractivity contribution in [1.82, 2.24) is 15.5 Å². The second-order valence-corrected chi connectivity index (χ2v) is 10.7. The third-order valence-corrected chi connectivity index (χ3v) is 6.18. The number of phenols is 1. The van der Waals surface area contributed by atoms with Gasteiger partial charge in [-0.2, -0.15) is 0 Å². The van der Waals surface area contributed by atoms with E-state index in [-0.39, 0.29) is 24.6 Å². The summed E-state index contributed by atoms with van der Waals surface area (Å²) in [6.07, 6.45) is 2.68. The Morgan fingerprint density at radius 1 is 1.08 bits per heavy atom. The van der Waals surface area contributed by atoms with Crippen LogP contribution >= 0.6 is 0 Å². The highest BCUT2D eigenvalue weighted by atomic mass is 16.6. The summed E-state index contributed by atoms with van der Waals surface area (Å²) in [5.41, 5.74) is 2.45. The van der Waals surface area contributed by atoms with Crippen LogP contribution in [0.4, 0.5) is 4.79 Å². The van der Waals surface area contributed by atoms with Gasteiger partial charge in [0, 0.05) is 19.5 Å². The minimum absolute atomic E-state index is 0.0839. The number of nitrogens with one attached hydrogen (secondary N) is 2. The number of ether oxygens (including phenoxy) is 1. The van der Waals surface area contributed by atoms with E-state index in [0.717, 1.165) is 35.1 Å². The lowest BCUT2D eigenvalue weighted by atomic mass is 9.93. The van der Waals surface area contributed by atoms with Gasteiger partial charge in [0.1, 0.15) is 23.4 Å². The standard InChI is InChI=1S/C31H43N3O5/c1-8-10-18-32-28(36)27(26-21(3)12-11-13-22(26)4)34(19-9-2)29(37)25(33-30(38)39-31(5,6)7)20-23-14-16-24(35)17-15-23/h9,11-17,25,27,35H,2,8,10,18-20H2,1,3-7H3,(H,32,36)(H,33,38). The molecule has 0 aromatic heterocycles. The SMILES string of the molecule is C=CCN(C(=O)C(Cc1ccc(O)cc1)NC(=O)OC(C)(C)C)C(C(=O)NCCCC)c1c(C)cccc1C. The van der Waals surface area contributed by atoms with Crippen LogP contribution in [0.3, 0.4) is 0 Å². The van der Waals surface area contributed by atoms with Gasteiger partial charge in [0.25, 0.3) is 0 Å². The van der Waals surface area contributed by atoms with Crippen molar-refractivity contribution in [2.24, 2.45) is 0 Å². The van der Waals surface area contributed by atoms with Crippen molar-refractivity contribution in [1.29, 1.82) is 0 Å². The van der Waals surface area contributed by atoms with Crippen molar-refractivity contribution in [3.63, 3.8) is 0 Å². The van der Waals surface area contributed by atoms with Crippen molar-refractivity contribution in [2.45, 2.75) is 78.5 Å². The maximum atomic E-state index is 14.3. The highest BCUT2D eigenvalue weighted by Crippen LogP contribution is 2.29. The Hall–Kier alpha value is -3.81. The van der Waals surface area contributed by atoms with Gasteiger partial charge in [0.2, 0.25) is 11.8 Å². The summed E-state index contributed by atoms with van der Waals surface area (Å²) in [6.45, 7) is 15.5. The Labute approximate surface area is 232 Å². The minimum atomic E-state index is -1.04. The average Bonchev–Trinajstić information content (AvgIpc) is 2.85. The number of aryl methyl sites for hydroxylation is 2. The van der Waals surface area contributed by atoms with Gasteiger partial charge in [0.15, 0.2) is 0 Å². The number of nitrogens with zero attached hydrogens (tertiary/aromatic N) is 1. The molecule has 39 heavy (non-hydrogen) atoms. The number of carbonyl (C=O) groups excluding carboxylic acids is 3. The number of hydrogen-bond donors (Lipinski definition) is 3. The van der Waals surface area contributed by atoms with Crippen molar-refractivity contribution in [3.05, 3.63) is 77.4 Å². The van der Waals surface area contributed by atoms with Gasteiger partial charge >= 0.3 is 6.09 Å². The van der Waals surface area contributed by atoms with Crippen LogP contribution in [0.25, 0.3) is 0 Å². The van der Waals surface area contributed by atoms with Gasteiger partial charge in [-0.15, -0.1) is 6.58 Å². The molecule has 8 heteroatoms. The van der Waals surface area contributed by atoms with E-state index in [9.17, 15) is 19.5 Å². The van der Waals surface area contributed by atoms with E-state index in [1.165, 1.54) is 17.0 Å². The van der Waals surface area contributed by atoms with Crippen molar-refractivity contribution in [3.8, 4) is 5.75 Å². The zero-order chi connectivity index (χ0) is 29.2. The summed E-state index contributed by atoms with van der Waals surface area (Å²) >= 11 is 0. The summed E-state index contributed by atoms with van der Waals surface area (Å²) in [7, 11) is 0. The quantitative estimate of drug-likeness (QED) is 0.257. The largest absolute Gasteiger partial charge is 0.508 e. The molecule has 0 bridgehead atoms. The number of benzene rings is 2. The molecule has 3 amide bonds. The Balaban J connectivity index is 2.56. The number of phenolic OH excluding ortho intramolecular Hbond substituents is 1. The Kier molecular flexibility index (Phi) is 11.6. The molecule has 3 N–H and O–H groups in total. The molecule has 2 atom stereocenters. The summed E-state index contributed by atoms with van der Waals surface area (Å²) in [4.78, 5) is 42.2. The monoisotopic (exact) mass is 537 g/mol. The highest BCUT2D eigenvalue weighted by molar-refractivity contribution is 5.92. The second kappa shape index (κ2) is 14.4.